The molecule has 15 heteroatoms. The van der Waals surface area contributed by atoms with E-state index in [-0.39, 0.29) is 19.3 Å². The summed E-state index contributed by atoms with van der Waals surface area (Å²) in [6.07, 6.45) is -1.71. The molecule has 0 heterocycles. The molecule has 9 N–H and O–H groups in total. The molecule has 44 heavy (non-hydrogen) atoms. The molecule has 0 spiro atoms. The second-order valence-electron chi connectivity index (χ2n) is 9.81. The molecule has 0 radical (unpaired) electrons. The number of rotatable bonds is 18. The molecular formula is C29H35N5O10. The Labute approximate surface area is 252 Å². The summed E-state index contributed by atoms with van der Waals surface area (Å²) in [4.78, 5) is 85.0. The molecule has 0 bridgehead atoms. The number of carbonyl (C=O) groups excluding carboxylic acids is 4. The molecule has 15 nitrogen and oxygen atoms in total. The summed E-state index contributed by atoms with van der Waals surface area (Å²) >= 11 is 0. The number of carboxylic acids is 3. The number of nitrogens with two attached hydrogens (primary N) is 1. The van der Waals surface area contributed by atoms with Crippen molar-refractivity contribution < 1.29 is 48.9 Å². The summed E-state index contributed by atoms with van der Waals surface area (Å²) in [5.41, 5.74) is 6.72. The number of benzene rings is 2. The second kappa shape index (κ2) is 17.6. The van der Waals surface area contributed by atoms with Crippen molar-refractivity contribution in [2.24, 2.45) is 5.73 Å². The predicted octanol–water partition coefficient (Wildman–Crippen LogP) is -1.21. The number of aliphatic carboxylic acids is 3. The van der Waals surface area contributed by atoms with Gasteiger partial charge in [-0.15, -0.1) is 0 Å². The van der Waals surface area contributed by atoms with Crippen molar-refractivity contribution in [1.82, 2.24) is 21.3 Å². The van der Waals surface area contributed by atoms with Crippen LogP contribution in [0.1, 0.15) is 30.4 Å². The molecule has 2 rings (SSSR count). The molecule has 2 aromatic carbocycles. The maximum Gasteiger partial charge on any atom is 0.326 e. The van der Waals surface area contributed by atoms with Crippen molar-refractivity contribution in [2.45, 2.75) is 56.3 Å². The molecule has 0 saturated heterocycles. The third-order valence-electron chi connectivity index (χ3n) is 6.27. The Bertz CT molecular complexity index is 1320. The zero-order valence-electron chi connectivity index (χ0n) is 23.6. The molecule has 2 aromatic rings. The van der Waals surface area contributed by atoms with Crippen LogP contribution in [0.15, 0.2) is 60.7 Å². The Morgan fingerprint density at radius 1 is 0.636 bits per heavy atom. The van der Waals surface area contributed by atoms with Gasteiger partial charge in [0.25, 0.3) is 0 Å². The summed E-state index contributed by atoms with van der Waals surface area (Å²) in [5, 5.41) is 37.0. The van der Waals surface area contributed by atoms with Crippen molar-refractivity contribution in [1.29, 1.82) is 0 Å². The highest BCUT2D eigenvalue weighted by Crippen LogP contribution is 2.08. The van der Waals surface area contributed by atoms with Crippen LogP contribution in [-0.4, -0.2) is 87.6 Å². The van der Waals surface area contributed by atoms with Crippen molar-refractivity contribution in [3.05, 3.63) is 71.8 Å². The van der Waals surface area contributed by atoms with Gasteiger partial charge in [0.2, 0.25) is 23.6 Å². The highest BCUT2D eigenvalue weighted by molar-refractivity contribution is 5.95. The maximum atomic E-state index is 13.3. The Balaban J connectivity index is 2.19. The van der Waals surface area contributed by atoms with E-state index in [2.05, 4.69) is 21.3 Å². The third-order valence-corrected chi connectivity index (χ3v) is 6.27. The highest BCUT2D eigenvalue weighted by Gasteiger charge is 2.30. The molecule has 0 aromatic heterocycles. The first-order chi connectivity index (χ1) is 20.8. The summed E-state index contributed by atoms with van der Waals surface area (Å²) < 4.78 is 0. The number of hydrogen-bond acceptors (Lipinski definition) is 8. The van der Waals surface area contributed by atoms with Gasteiger partial charge in [0.15, 0.2) is 0 Å². The average molecular weight is 614 g/mol. The van der Waals surface area contributed by atoms with E-state index in [1.54, 1.807) is 60.7 Å². The zero-order chi connectivity index (χ0) is 32.6. The van der Waals surface area contributed by atoms with Crippen LogP contribution in [0.4, 0.5) is 0 Å². The van der Waals surface area contributed by atoms with Gasteiger partial charge in [-0.25, -0.2) is 4.79 Å². The van der Waals surface area contributed by atoms with Gasteiger partial charge in [-0.1, -0.05) is 60.7 Å². The largest absolute Gasteiger partial charge is 0.481 e. The number of carboxylic acid groups (broad SMARTS) is 3. The van der Waals surface area contributed by atoms with E-state index in [1.807, 2.05) is 0 Å². The minimum Gasteiger partial charge on any atom is -0.481 e. The fourth-order valence-corrected chi connectivity index (χ4v) is 4.01. The Morgan fingerprint density at radius 2 is 1.14 bits per heavy atom. The maximum absolute atomic E-state index is 13.3. The summed E-state index contributed by atoms with van der Waals surface area (Å²) in [5.74, 6) is -7.50. The predicted molar refractivity (Wildman–Crippen MR) is 154 cm³/mol. The van der Waals surface area contributed by atoms with Crippen LogP contribution >= 0.6 is 0 Å². The van der Waals surface area contributed by atoms with Crippen LogP contribution < -0.4 is 27.0 Å². The quantitative estimate of drug-likeness (QED) is 0.0990. The lowest BCUT2D eigenvalue weighted by Gasteiger charge is -2.25. The van der Waals surface area contributed by atoms with Gasteiger partial charge in [0.1, 0.15) is 18.1 Å². The van der Waals surface area contributed by atoms with Gasteiger partial charge in [0.05, 0.1) is 19.0 Å². The molecular weight excluding hydrogens is 578 g/mol. The monoisotopic (exact) mass is 613 g/mol. The smallest absolute Gasteiger partial charge is 0.326 e. The van der Waals surface area contributed by atoms with Crippen LogP contribution in [0.3, 0.4) is 0 Å². The Morgan fingerprint density at radius 3 is 1.64 bits per heavy atom. The van der Waals surface area contributed by atoms with E-state index in [0.29, 0.717) is 11.1 Å². The summed E-state index contributed by atoms with van der Waals surface area (Å²) in [6, 6.07) is 11.6. The van der Waals surface area contributed by atoms with E-state index in [1.165, 1.54) is 0 Å². The molecule has 0 aliphatic rings. The minimum atomic E-state index is -1.46. The SMILES string of the molecule is N[C@@H](CC(=O)O)C(=O)NCC(=O)N[C@@H](CCC(=O)O)C(=O)N[C@@H](Cc1ccccc1)C(=O)N[C@@H](Cc1ccccc1)C(=O)O. The molecule has 4 amide bonds. The van der Waals surface area contributed by atoms with E-state index in [0.717, 1.165) is 0 Å². The normalized spacial score (nSPS) is 13.3. The third kappa shape index (κ3) is 12.7. The number of carbonyl (C=O) groups is 7. The Kier molecular flexibility index (Phi) is 14.0. The van der Waals surface area contributed by atoms with Crippen molar-refractivity contribution in [2.75, 3.05) is 6.54 Å². The van der Waals surface area contributed by atoms with Crippen molar-refractivity contribution >= 4 is 41.5 Å². The second-order valence-corrected chi connectivity index (χ2v) is 9.81. The summed E-state index contributed by atoms with van der Waals surface area (Å²) in [7, 11) is 0. The van der Waals surface area contributed by atoms with Gasteiger partial charge in [-0.05, 0) is 17.5 Å². The van der Waals surface area contributed by atoms with Crippen LogP contribution in [0, 0.1) is 0 Å². The van der Waals surface area contributed by atoms with E-state index >= 15 is 0 Å². The van der Waals surface area contributed by atoms with E-state index in [9.17, 15) is 38.7 Å². The number of amides is 4. The lowest BCUT2D eigenvalue weighted by Crippen LogP contribution is -2.57. The van der Waals surface area contributed by atoms with Gasteiger partial charge in [-0.3, -0.25) is 28.8 Å². The molecule has 0 aliphatic carbocycles. The molecule has 0 fully saturated rings. The van der Waals surface area contributed by atoms with E-state index in [4.69, 9.17) is 15.9 Å². The minimum absolute atomic E-state index is 0.0347. The lowest BCUT2D eigenvalue weighted by atomic mass is 10.0. The topological polar surface area (TPSA) is 254 Å². The first-order valence-corrected chi connectivity index (χ1v) is 13.5. The lowest BCUT2D eigenvalue weighted by molar-refractivity contribution is -0.142. The molecule has 0 saturated carbocycles. The standard InChI is InChI=1S/C29H35N5O10/c30-19(15-25(38)39)26(40)31-16-23(35)32-20(11-12-24(36)37)27(41)33-21(13-17-7-3-1-4-8-17)28(42)34-22(29(43)44)14-18-9-5-2-6-10-18/h1-10,19-22H,11-16,30H2,(H,31,40)(H,32,35)(H,33,41)(H,34,42)(H,36,37)(H,38,39)(H,43,44)/t19-,20-,21-,22-/m0/s1. The van der Waals surface area contributed by atoms with Crippen LogP contribution in [0.2, 0.25) is 0 Å². The highest BCUT2D eigenvalue weighted by atomic mass is 16.4. The molecule has 0 aliphatic heterocycles. The van der Waals surface area contributed by atoms with E-state index < -0.39 is 85.1 Å². The molecule has 0 unspecified atom stereocenters. The van der Waals surface area contributed by atoms with Gasteiger partial charge >= 0.3 is 17.9 Å². The van der Waals surface area contributed by atoms with Crippen LogP contribution in [-0.2, 0) is 46.4 Å². The fourth-order valence-electron chi connectivity index (χ4n) is 4.01. The molecule has 236 valence electrons. The fraction of sp³-hybridized carbons (Fsp3) is 0.345. The first-order valence-electron chi connectivity index (χ1n) is 13.5. The van der Waals surface area contributed by atoms with Crippen LogP contribution in [0.5, 0.6) is 0 Å². The van der Waals surface area contributed by atoms with Gasteiger partial charge in [0, 0.05) is 19.3 Å². The van der Waals surface area contributed by atoms with Gasteiger partial charge in [-0.2, -0.15) is 0 Å². The Hall–Kier alpha value is -5.31. The average Bonchev–Trinajstić information content (AvgIpc) is 2.97. The van der Waals surface area contributed by atoms with Gasteiger partial charge < -0.3 is 42.3 Å². The summed E-state index contributed by atoms with van der Waals surface area (Å²) in [6.45, 7) is -0.698. The first kappa shape index (κ1) is 34.9. The number of nitrogens with one attached hydrogen (secondary N) is 4. The zero-order valence-corrected chi connectivity index (χ0v) is 23.6. The number of hydrogen-bond donors (Lipinski definition) is 8. The van der Waals surface area contributed by atoms with Crippen molar-refractivity contribution in [3.8, 4) is 0 Å². The molecule has 4 atom stereocenters. The van der Waals surface area contributed by atoms with Crippen LogP contribution in [0.25, 0.3) is 0 Å². The van der Waals surface area contributed by atoms with Crippen molar-refractivity contribution in [3.63, 3.8) is 0 Å².